The molecule has 0 spiro atoms. The van der Waals surface area contributed by atoms with Gasteiger partial charge in [0.05, 0.1) is 57.5 Å². The molecule has 176 valence electrons. The quantitative estimate of drug-likeness (QED) is 0.327. The van der Waals surface area contributed by atoms with E-state index in [9.17, 15) is 14.4 Å². The van der Waals surface area contributed by atoms with Gasteiger partial charge < -0.3 is 19.3 Å². The van der Waals surface area contributed by atoms with Crippen molar-refractivity contribution < 1.29 is 33.7 Å². The molecule has 0 radical (unpaired) electrons. The van der Waals surface area contributed by atoms with Crippen LogP contribution in [0.3, 0.4) is 0 Å². The number of aromatic nitrogens is 2. The van der Waals surface area contributed by atoms with E-state index in [-0.39, 0.29) is 26.4 Å². The highest BCUT2D eigenvalue weighted by atomic mass is 16.5. The molecule has 2 aromatic rings. The zero-order chi connectivity index (χ0) is 23.8. The molecule has 0 bridgehead atoms. The van der Waals surface area contributed by atoms with E-state index < -0.39 is 41.6 Å². The molecule has 0 aliphatic carbocycles. The summed E-state index contributed by atoms with van der Waals surface area (Å²) in [6.45, 7) is 0.359. The third-order valence-electron chi connectivity index (χ3n) is 5.58. The third kappa shape index (κ3) is 5.24. The second kappa shape index (κ2) is 11.6. The molecule has 1 aliphatic heterocycles. The van der Waals surface area contributed by atoms with Gasteiger partial charge in [0.15, 0.2) is 5.78 Å². The molecule has 3 heterocycles. The first-order valence-corrected chi connectivity index (χ1v) is 10.5. The average molecular weight is 457 g/mol. The number of carbonyl (C=O) groups is 3. The summed E-state index contributed by atoms with van der Waals surface area (Å²) in [5.41, 5.74) is 0.931. The van der Waals surface area contributed by atoms with Crippen LogP contribution in [-0.2, 0) is 28.6 Å². The van der Waals surface area contributed by atoms with E-state index in [0.29, 0.717) is 11.4 Å². The molecule has 2 aromatic heterocycles. The van der Waals surface area contributed by atoms with Crippen LogP contribution < -0.4 is 0 Å². The Morgan fingerprint density at radius 1 is 0.909 bits per heavy atom. The van der Waals surface area contributed by atoms with Gasteiger partial charge in [-0.2, -0.15) is 0 Å². The summed E-state index contributed by atoms with van der Waals surface area (Å²) in [6.07, 6.45) is 3.13. The third-order valence-corrected chi connectivity index (χ3v) is 5.58. The molecule has 1 N–H and O–H groups in total. The van der Waals surface area contributed by atoms with Crippen molar-refractivity contribution in [1.82, 2.24) is 14.9 Å². The summed E-state index contributed by atoms with van der Waals surface area (Å²) in [7, 11) is 2.38. The van der Waals surface area contributed by atoms with Crippen molar-refractivity contribution >= 4 is 17.7 Å². The second-order valence-corrected chi connectivity index (χ2v) is 7.38. The van der Waals surface area contributed by atoms with Crippen molar-refractivity contribution in [1.29, 1.82) is 0 Å². The number of methoxy groups -OCH3 is 2. The van der Waals surface area contributed by atoms with Crippen molar-refractivity contribution in [3.8, 4) is 0 Å². The number of ketones is 1. The van der Waals surface area contributed by atoms with Crippen LogP contribution in [0, 0.1) is 11.8 Å². The number of piperidine rings is 1. The van der Waals surface area contributed by atoms with Crippen LogP contribution in [-0.4, -0.2) is 78.3 Å². The second-order valence-electron chi connectivity index (χ2n) is 7.38. The van der Waals surface area contributed by atoms with E-state index in [1.54, 1.807) is 48.8 Å². The van der Waals surface area contributed by atoms with E-state index in [1.807, 2.05) is 4.90 Å². The molecule has 33 heavy (non-hydrogen) atoms. The van der Waals surface area contributed by atoms with Gasteiger partial charge in [-0.1, -0.05) is 12.1 Å². The van der Waals surface area contributed by atoms with Gasteiger partial charge in [0.2, 0.25) is 0 Å². The van der Waals surface area contributed by atoms with Gasteiger partial charge in [0, 0.05) is 18.9 Å². The standard InChI is InChI=1S/C23H27N3O7/c1-31-22(29)17-19(15-7-3-5-9-24-15)26(11-13-33-14-12-27)20(16-8-4-6-10-25-16)18(21(17)28)23(30)32-2/h3-10,17-20,27H,11-14H2,1-2H3/t17?,18?,19-,20+. The monoisotopic (exact) mass is 457 g/mol. The van der Waals surface area contributed by atoms with Crippen molar-refractivity contribution in [3.05, 3.63) is 60.2 Å². The molecule has 1 aliphatic rings. The summed E-state index contributed by atoms with van der Waals surface area (Å²) >= 11 is 0. The van der Waals surface area contributed by atoms with Crippen LogP contribution in [0.15, 0.2) is 48.8 Å². The van der Waals surface area contributed by atoms with Crippen LogP contribution in [0.2, 0.25) is 0 Å². The van der Waals surface area contributed by atoms with E-state index in [4.69, 9.17) is 19.3 Å². The van der Waals surface area contributed by atoms with Gasteiger partial charge in [-0.15, -0.1) is 0 Å². The van der Waals surface area contributed by atoms with Crippen LogP contribution in [0.25, 0.3) is 0 Å². The Morgan fingerprint density at radius 2 is 1.42 bits per heavy atom. The number of hydrogen-bond acceptors (Lipinski definition) is 10. The van der Waals surface area contributed by atoms with Crippen LogP contribution >= 0.6 is 0 Å². The molecule has 2 unspecified atom stereocenters. The number of ether oxygens (including phenoxy) is 3. The number of carbonyl (C=O) groups excluding carboxylic acids is 3. The van der Waals surface area contributed by atoms with Crippen molar-refractivity contribution in [2.24, 2.45) is 11.8 Å². The molecule has 0 saturated carbocycles. The lowest BCUT2D eigenvalue weighted by atomic mass is 9.74. The number of rotatable bonds is 9. The lowest BCUT2D eigenvalue weighted by Crippen LogP contribution is -2.56. The van der Waals surface area contributed by atoms with Gasteiger partial charge in [-0.25, -0.2) is 0 Å². The molecule has 1 fully saturated rings. The van der Waals surface area contributed by atoms with Crippen molar-refractivity contribution in [2.75, 3.05) is 40.6 Å². The van der Waals surface area contributed by atoms with E-state index in [1.165, 1.54) is 14.2 Å². The minimum Gasteiger partial charge on any atom is -0.468 e. The fourth-order valence-corrected chi connectivity index (χ4v) is 4.20. The molecule has 3 rings (SSSR count). The predicted octanol–water partition coefficient (Wildman–Crippen LogP) is 0.731. The summed E-state index contributed by atoms with van der Waals surface area (Å²) < 4.78 is 15.4. The number of Topliss-reactive ketones (excluding diaryl/α,β-unsaturated/α-hetero) is 1. The van der Waals surface area contributed by atoms with Gasteiger partial charge in [-0.3, -0.25) is 29.3 Å². The maximum Gasteiger partial charge on any atom is 0.318 e. The number of hydrogen-bond donors (Lipinski definition) is 1. The molecule has 10 heteroatoms. The van der Waals surface area contributed by atoms with Crippen LogP contribution in [0.5, 0.6) is 0 Å². The minimum absolute atomic E-state index is 0.121. The maximum absolute atomic E-state index is 13.7. The van der Waals surface area contributed by atoms with E-state index >= 15 is 0 Å². The Balaban J connectivity index is 2.18. The Labute approximate surface area is 191 Å². The minimum atomic E-state index is -1.31. The van der Waals surface area contributed by atoms with Crippen LogP contribution in [0.4, 0.5) is 0 Å². The fourth-order valence-electron chi connectivity index (χ4n) is 4.20. The van der Waals surface area contributed by atoms with Gasteiger partial charge in [-0.05, 0) is 24.3 Å². The Bertz CT molecular complexity index is 872. The Morgan fingerprint density at radius 3 is 1.82 bits per heavy atom. The number of aliphatic hydroxyl groups excluding tert-OH is 1. The molecule has 0 amide bonds. The average Bonchev–Trinajstić information content (AvgIpc) is 2.86. The number of nitrogens with zero attached hydrogens (tertiary/aromatic N) is 3. The molecular formula is C23H27N3O7. The first-order chi connectivity index (χ1) is 16.0. The Kier molecular flexibility index (Phi) is 8.58. The smallest absolute Gasteiger partial charge is 0.318 e. The summed E-state index contributed by atoms with van der Waals surface area (Å²) in [5, 5.41) is 9.07. The largest absolute Gasteiger partial charge is 0.468 e. The summed E-state index contributed by atoms with van der Waals surface area (Å²) in [4.78, 5) is 50.0. The zero-order valence-electron chi connectivity index (χ0n) is 18.5. The predicted molar refractivity (Wildman–Crippen MR) is 115 cm³/mol. The van der Waals surface area contributed by atoms with Crippen LogP contribution in [0.1, 0.15) is 23.5 Å². The highest BCUT2D eigenvalue weighted by molar-refractivity contribution is 6.10. The normalized spacial score (nSPS) is 23.2. The highest BCUT2D eigenvalue weighted by Gasteiger charge is 2.56. The molecule has 0 aromatic carbocycles. The zero-order valence-corrected chi connectivity index (χ0v) is 18.5. The van der Waals surface area contributed by atoms with E-state index in [0.717, 1.165) is 0 Å². The number of aliphatic hydroxyl groups is 1. The molecule has 4 atom stereocenters. The molecular weight excluding hydrogens is 430 g/mol. The van der Waals surface area contributed by atoms with Gasteiger partial charge >= 0.3 is 11.9 Å². The topological polar surface area (TPSA) is 128 Å². The Hall–Kier alpha value is -3.21. The van der Waals surface area contributed by atoms with E-state index in [2.05, 4.69) is 9.97 Å². The highest BCUT2D eigenvalue weighted by Crippen LogP contribution is 2.46. The van der Waals surface area contributed by atoms with Crippen molar-refractivity contribution in [3.63, 3.8) is 0 Å². The SMILES string of the molecule is COC(=O)C1C(=O)C(C(=O)OC)[C@H](c2ccccn2)N(CCOCCO)[C@@H]1c1ccccn1. The lowest BCUT2D eigenvalue weighted by Gasteiger charge is -2.46. The fraction of sp³-hybridized carbons (Fsp3) is 0.435. The van der Waals surface area contributed by atoms with Gasteiger partial charge in [0.1, 0.15) is 11.8 Å². The summed E-state index contributed by atoms with van der Waals surface area (Å²) in [6, 6.07) is 8.71. The lowest BCUT2D eigenvalue weighted by molar-refractivity contribution is -0.169. The number of likely N-dealkylation sites (tertiary alicyclic amines) is 1. The first-order valence-electron chi connectivity index (χ1n) is 10.5. The number of esters is 2. The number of pyridine rings is 2. The van der Waals surface area contributed by atoms with Crippen molar-refractivity contribution in [2.45, 2.75) is 12.1 Å². The first kappa shape index (κ1) is 24.4. The molecule has 1 saturated heterocycles. The molecule has 10 nitrogen and oxygen atoms in total. The maximum atomic E-state index is 13.7. The van der Waals surface area contributed by atoms with Gasteiger partial charge in [0.25, 0.3) is 0 Å². The summed E-state index contributed by atoms with van der Waals surface area (Å²) in [5.74, 6) is -4.79.